The molecule has 2 rings (SSSR count). The monoisotopic (exact) mass is 262 g/mol. The molecule has 1 heterocycles. The van der Waals surface area contributed by atoms with Crippen LogP contribution in [0.4, 0.5) is 5.69 Å². The van der Waals surface area contributed by atoms with E-state index in [-0.39, 0.29) is 0 Å². The molecule has 0 saturated heterocycles. The van der Waals surface area contributed by atoms with E-state index in [2.05, 4.69) is 16.0 Å². The molecule has 1 unspecified atom stereocenters. The molecular weight excluding hydrogens is 248 g/mol. The zero-order valence-electron chi connectivity index (χ0n) is 9.85. The van der Waals surface area contributed by atoms with E-state index in [1.165, 1.54) is 0 Å². The van der Waals surface area contributed by atoms with E-state index < -0.39 is 10.8 Å². The number of anilines is 1. The Hall–Kier alpha value is -1.87. The molecule has 0 aliphatic rings. The Bertz CT molecular complexity index is 614. The van der Waals surface area contributed by atoms with E-state index in [0.717, 1.165) is 23.9 Å². The zero-order valence-corrected chi connectivity index (χ0v) is 10.7. The second-order valence-corrected chi connectivity index (χ2v) is 5.47. The van der Waals surface area contributed by atoms with Crippen LogP contribution >= 0.6 is 0 Å². The second-order valence-electron chi connectivity index (χ2n) is 3.98. The van der Waals surface area contributed by atoms with Gasteiger partial charge in [-0.1, -0.05) is 0 Å². The number of hydrogen-bond acceptors (Lipinski definition) is 4. The van der Waals surface area contributed by atoms with Crippen molar-refractivity contribution in [2.24, 2.45) is 0 Å². The molecule has 6 heteroatoms. The van der Waals surface area contributed by atoms with Crippen LogP contribution in [0.15, 0.2) is 23.4 Å². The highest BCUT2D eigenvalue weighted by molar-refractivity contribution is 7.84. The minimum absolute atomic E-state index is 0.479. The van der Waals surface area contributed by atoms with Crippen LogP contribution in [0.25, 0.3) is 11.0 Å². The number of rotatable bonds is 5. The largest absolute Gasteiger partial charge is 0.399 e. The van der Waals surface area contributed by atoms with Crippen molar-refractivity contribution in [3.05, 3.63) is 18.2 Å². The van der Waals surface area contributed by atoms with Crippen molar-refractivity contribution in [1.29, 1.82) is 5.26 Å². The molecule has 0 fully saturated rings. The number of benzene rings is 1. The van der Waals surface area contributed by atoms with Gasteiger partial charge in [0.15, 0.2) is 5.16 Å². The van der Waals surface area contributed by atoms with Crippen LogP contribution < -0.4 is 5.73 Å². The van der Waals surface area contributed by atoms with Gasteiger partial charge in [0.25, 0.3) is 0 Å². The standard InChI is InChI=1S/C12H14N4OS/c13-6-2-1-3-7-18(17)12-15-10-5-4-9(14)8-11(10)16-12/h4-5,8H,1-3,7,14H2,(H,15,16). The SMILES string of the molecule is N#CCCCCS(=O)c1nc2ccc(N)cc2[nH]1. The number of unbranched alkanes of at least 4 members (excludes halogenated alkanes) is 2. The number of nitrogens with two attached hydrogens (primary N) is 1. The van der Waals surface area contributed by atoms with Crippen LogP contribution in [0.5, 0.6) is 0 Å². The van der Waals surface area contributed by atoms with Crippen molar-refractivity contribution in [1.82, 2.24) is 9.97 Å². The highest BCUT2D eigenvalue weighted by Crippen LogP contribution is 2.17. The maximum Gasteiger partial charge on any atom is 0.197 e. The van der Waals surface area contributed by atoms with Crippen molar-refractivity contribution in [3.8, 4) is 6.07 Å². The highest BCUT2D eigenvalue weighted by Gasteiger charge is 2.09. The van der Waals surface area contributed by atoms with Gasteiger partial charge in [-0.05, 0) is 31.0 Å². The van der Waals surface area contributed by atoms with E-state index in [9.17, 15) is 4.21 Å². The summed E-state index contributed by atoms with van der Waals surface area (Å²) in [5, 5.41) is 8.89. The van der Waals surface area contributed by atoms with Crippen molar-refractivity contribution >= 4 is 27.5 Å². The lowest BCUT2D eigenvalue weighted by molar-refractivity contribution is 0.673. The molecule has 0 saturated carbocycles. The Morgan fingerprint density at radius 3 is 3.06 bits per heavy atom. The summed E-state index contributed by atoms with van der Waals surface area (Å²) in [6.45, 7) is 0. The number of aromatic amines is 1. The maximum absolute atomic E-state index is 12.0. The number of nitrogen functional groups attached to an aromatic ring is 1. The summed E-state index contributed by atoms with van der Waals surface area (Å²) in [6, 6.07) is 7.42. The third-order valence-corrected chi connectivity index (χ3v) is 3.85. The lowest BCUT2D eigenvalue weighted by atomic mass is 10.3. The number of imidazole rings is 1. The van der Waals surface area contributed by atoms with Gasteiger partial charge in [-0.2, -0.15) is 5.26 Å². The van der Waals surface area contributed by atoms with Crippen molar-refractivity contribution in [2.75, 3.05) is 11.5 Å². The van der Waals surface area contributed by atoms with Crippen molar-refractivity contribution < 1.29 is 4.21 Å². The van der Waals surface area contributed by atoms with Crippen LogP contribution in [0.2, 0.25) is 0 Å². The van der Waals surface area contributed by atoms with Gasteiger partial charge < -0.3 is 10.7 Å². The fourth-order valence-electron chi connectivity index (χ4n) is 1.65. The lowest BCUT2D eigenvalue weighted by Gasteiger charge is -1.96. The summed E-state index contributed by atoms with van der Waals surface area (Å²) in [7, 11) is -1.14. The van der Waals surface area contributed by atoms with Gasteiger partial charge in [-0.3, -0.25) is 4.21 Å². The normalized spacial score (nSPS) is 12.4. The summed E-state index contributed by atoms with van der Waals surface area (Å²) in [5.74, 6) is 0.525. The third kappa shape index (κ3) is 2.87. The minimum Gasteiger partial charge on any atom is -0.399 e. The molecule has 94 valence electrons. The molecule has 0 radical (unpaired) electrons. The number of hydrogen-bond donors (Lipinski definition) is 2. The number of fused-ring (bicyclic) bond motifs is 1. The summed E-state index contributed by atoms with van der Waals surface area (Å²) in [5.41, 5.74) is 7.89. The van der Waals surface area contributed by atoms with Gasteiger partial charge in [0.05, 0.1) is 27.9 Å². The number of aromatic nitrogens is 2. The molecule has 1 aromatic carbocycles. The Morgan fingerprint density at radius 1 is 1.44 bits per heavy atom. The van der Waals surface area contributed by atoms with E-state index >= 15 is 0 Å². The average Bonchev–Trinajstić information content (AvgIpc) is 2.77. The van der Waals surface area contributed by atoms with Crippen molar-refractivity contribution in [3.63, 3.8) is 0 Å². The molecule has 1 atom stereocenters. The molecule has 0 aliphatic carbocycles. The van der Waals surface area contributed by atoms with Gasteiger partial charge in [-0.15, -0.1) is 0 Å². The molecule has 2 aromatic rings. The summed E-state index contributed by atoms with van der Waals surface area (Å²) < 4.78 is 12.0. The van der Waals surface area contributed by atoms with Crippen LogP contribution in [0, 0.1) is 11.3 Å². The molecule has 18 heavy (non-hydrogen) atoms. The Kier molecular flexibility index (Phi) is 3.95. The van der Waals surface area contributed by atoms with E-state index in [4.69, 9.17) is 11.0 Å². The fourth-order valence-corrected chi connectivity index (χ4v) is 2.73. The van der Waals surface area contributed by atoms with Gasteiger partial charge in [0.1, 0.15) is 0 Å². The smallest absolute Gasteiger partial charge is 0.197 e. The van der Waals surface area contributed by atoms with Gasteiger partial charge in [0, 0.05) is 17.9 Å². The maximum atomic E-state index is 12.0. The molecule has 5 nitrogen and oxygen atoms in total. The zero-order chi connectivity index (χ0) is 13.0. The first-order valence-corrected chi connectivity index (χ1v) is 7.03. The molecule has 0 spiro atoms. The predicted octanol–water partition coefficient (Wildman–Crippen LogP) is 1.95. The molecule has 0 amide bonds. The fraction of sp³-hybridized carbons (Fsp3) is 0.333. The van der Waals surface area contributed by atoms with Gasteiger partial charge in [-0.25, -0.2) is 4.98 Å². The molecule has 0 aliphatic heterocycles. The molecule has 0 bridgehead atoms. The van der Waals surface area contributed by atoms with E-state index in [1.54, 1.807) is 18.2 Å². The Labute approximate surface area is 107 Å². The lowest BCUT2D eigenvalue weighted by Crippen LogP contribution is -2.00. The average molecular weight is 262 g/mol. The number of nitriles is 1. The van der Waals surface area contributed by atoms with Crippen LogP contribution in [-0.4, -0.2) is 19.9 Å². The molecule has 3 N–H and O–H groups in total. The summed E-state index contributed by atoms with van der Waals surface area (Å²) in [4.78, 5) is 7.30. The number of nitrogens with zero attached hydrogens (tertiary/aromatic N) is 2. The number of H-pyrrole nitrogens is 1. The first kappa shape index (κ1) is 12.6. The Morgan fingerprint density at radius 2 is 2.28 bits per heavy atom. The number of nitrogens with one attached hydrogen (secondary N) is 1. The van der Waals surface area contributed by atoms with Gasteiger partial charge >= 0.3 is 0 Å². The van der Waals surface area contributed by atoms with Crippen LogP contribution in [0.1, 0.15) is 19.3 Å². The van der Waals surface area contributed by atoms with Crippen LogP contribution in [0.3, 0.4) is 0 Å². The quantitative estimate of drug-likeness (QED) is 0.636. The second kappa shape index (κ2) is 5.65. The summed E-state index contributed by atoms with van der Waals surface area (Å²) >= 11 is 0. The topological polar surface area (TPSA) is 95.6 Å². The first-order valence-electron chi connectivity index (χ1n) is 5.71. The molecular formula is C12H14N4OS. The predicted molar refractivity (Wildman–Crippen MR) is 71.2 cm³/mol. The van der Waals surface area contributed by atoms with Crippen LogP contribution in [-0.2, 0) is 10.8 Å². The minimum atomic E-state index is -1.14. The van der Waals surface area contributed by atoms with E-state index in [0.29, 0.717) is 23.0 Å². The van der Waals surface area contributed by atoms with Gasteiger partial charge in [0.2, 0.25) is 0 Å². The highest BCUT2D eigenvalue weighted by atomic mass is 32.2. The third-order valence-electron chi connectivity index (χ3n) is 2.57. The summed E-state index contributed by atoms with van der Waals surface area (Å²) in [6.07, 6.45) is 2.04. The Balaban J connectivity index is 2.07. The molecule has 1 aromatic heterocycles. The van der Waals surface area contributed by atoms with Crippen molar-refractivity contribution in [2.45, 2.75) is 24.4 Å². The first-order chi connectivity index (χ1) is 8.70. The van der Waals surface area contributed by atoms with E-state index in [1.807, 2.05) is 0 Å².